The molecular weight excluding hydrogens is 304 g/mol. The third kappa shape index (κ3) is 3.21. The number of carboxylic acids is 1. The molecular formula is C15H22N2O2S2. The van der Waals surface area contributed by atoms with Crippen LogP contribution in [-0.4, -0.2) is 39.6 Å². The van der Waals surface area contributed by atoms with E-state index < -0.39 is 11.9 Å². The number of aliphatic carboxylic acids is 1. The fourth-order valence-electron chi connectivity index (χ4n) is 2.99. The lowest BCUT2D eigenvalue weighted by atomic mass is 9.91. The summed E-state index contributed by atoms with van der Waals surface area (Å²) in [6, 6.07) is 0. The van der Waals surface area contributed by atoms with Gasteiger partial charge >= 0.3 is 5.97 Å². The number of hydrogen-bond acceptors (Lipinski definition) is 5. The summed E-state index contributed by atoms with van der Waals surface area (Å²) in [6.45, 7) is 6.63. The predicted octanol–water partition coefficient (Wildman–Crippen LogP) is 3.37. The molecule has 2 aliphatic rings. The molecule has 1 aliphatic carbocycles. The molecule has 1 atom stereocenters. The molecule has 0 radical (unpaired) electrons. The molecule has 4 nitrogen and oxygen atoms in total. The lowest BCUT2D eigenvalue weighted by Gasteiger charge is -2.22. The van der Waals surface area contributed by atoms with Gasteiger partial charge in [0.2, 0.25) is 0 Å². The van der Waals surface area contributed by atoms with Crippen LogP contribution in [0.2, 0.25) is 0 Å². The van der Waals surface area contributed by atoms with Crippen molar-refractivity contribution in [2.45, 2.75) is 50.2 Å². The second-order valence-electron chi connectivity index (χ2n) is 6.43. The number of carboxylic acid groups (broad SMARTS) is 1. The van der Waals surface area contributed by atoms with Gasteiger partial charge in [0.05, 0.1) is 5.69 Å². The van der Waals surface area contributed by atoms with E-state index in [1.165, 1.54) is 4.88 Å². The molecule has 0 bridgehead atoms. The van der Waals surface area contributed by atoms with E-state index in [0.717, 1.165) is 55.4 Å². The maximum atomic E-state index is 11.4. The van der Waals surface area contributed by atoms with E-state index in [2.05, 4.69) is 18.7 Å². The first-order valence-corrected chi connectivity index (χ1v) is 9.38. The van der Waals surface area contributed by atoms with Gasteiger partial charge in [-0.05, 0) is 25.7 Å². The number of carbonyl (C=O) groups is 1. The molecule has 1 aromatic heterocycles. The van der Waals surface area contributed by atoms with Crippen molar-refractivity contribution < 1.29 is 9.90 Å². The van der Waals surface area contributed by atoms with Gasteiger partial charge in [0.15, 0.2) is 5.13 Å². The Hall–Kier alpha value is -0.750. The SMILES string of the molecule is CC1(C)CCN(c2nc3c(s2)CCCC3C(=O)O)CCS1. The van der Waals surface area contributed by atoms with E-state index in [1.54, 1.807) is 11.3 Å². The molecule has 2 heterocycles. The summed E-state index contributed by atoms with van der Waals surface area (Å²) in [6.07, 6.45) is 3.83. The summed E-state index contributed by atoms with van der Waals surface area (Å²) in [7, 11) is 0. The van der Waals surface area contributed by atoms with Crippen LogP contribution >= 0.6 is 23.1 Å². The number of thioether (sulfide) groups is 1. The molecule has 1 saturated heterocycles. The molecule has 21 heavy (non-hydrogen) atoms. The average Bonchev–Trinajstić information content (AvgIpc) is 2.77. The molecule has 1 unspecified atom stereocenters. The molecule has 0 amide bonds. The molecule has 1 aromatic rings. The average molecular weight is 326 g/mol. The summed E-state index contributed by atoms with van der Waals surface area (Å²) in [5.74, 6) is -0.00326. The highest BCUT2D eigenvalue weighted by atomic mass is 32.2. The van der Waals surface area contributed by atoms with Crippen molar-refractivity contribution in [1.82, 2.24) is 4.98 Å². The Morgan fingerprint density at radius 2 is 2.24 bits per heavy atom. The lowest BCUT2D eigenvalue weighted by molar-refractivity contribution is -0.139. The van der Waals surface area contributed by atoms with Crippen LogP contribution in [0.15, 0.2) is 0 Å². The number of rotatable bonds is 2. The Bertz CT molecular complexity index is 542. The molecule has 6 heteroatoms. The van der Waals surface area contributed by atoms with E-state index in [1.807, 2.05) is 11.8 Å². The smallest absolute Gasteiger partial charge is 0.312 e. The minimum Gasteiger partial charge on any atom is -0.481 e. The Kier molecular flexibility index (Phi) is 4.19. The summed E-state index contributed by atoms with van der Waals surface area (Å²) in [4.78, 5) is 19.7. The van der Waals surface area contributed by atoms with Crippen molar-refractivity contribution in [1.29, 1.82) is 0 Å². The number of aryl methyl sites for hydroxylation is 1. The summed E-state index contributed by atoms with van der Waals surface area (Å²) in [5, 5.41) is 10.4. The molecule has 0 saturated carbocycles. The van der Waals surface area contributed by atoms with Gasteiger partial charge in [-0.2, -0.15) is 11.8 Å². The van der Waals surface area contributed by atoms with Crippen LogP contribution in [0.1, 0.15) is 49.6 Å². The monoisotopic (exact) mass is 326 g/mol. The second-order valence-corrected chi connectivity index (χ2v) is 9.30. The van der Waals surface area contributed by atoms with Crippen LogP contribution in [-0.2, 0) is 11.2 Å². The van der Waals surface area contributed by atoms with Crippen molar-refractivity contribution in [2.24, 2.45) is 0 Å². The third-order valence-corrected chi connectivity index (χ3v) is 6.91. The van der Waals surface area contributed by atoms with Crippen molar-refractivity contribution >= 4 is 34.2 Å². The molecule has 1 fully saturated rings. The number of aromatic nitrogens is 1. The molecule has 1 aliphatic heterocycles. The standard InChI is InChI=1S/C15H22N2O2S2/c1-15(2)6-7-17(8-9-20-15)14-16-12-10(13(18)19)4-3-5-11(12)21-14/h10H,3-9H2,1-2H3,(H,18,19). The number of thiazole rings is 1. The van der Waals surface area contributed by atoms with Crippen molar-refractivity contribution in [3.63, 3.8) is 0 Å². The van der Waals surface area contributed by atoms with E-state index in [9.17, 15) is 9.90 Å². The fourth-order valence-corrected chi connectivity index (χ4v) is 5.31. The first-order chi connectivity index (χ1) is 9.96. The summed E-state index contributed by atoms with van der Waals surface area (Å²) < 4.78 is 0.329. The van der Waals surface area contributed by atoms with Crippen LogP contribution in [0.5, 0.6) is 0 Å². The topological polar surface area (TPSA) is 53.4 Å². The number of fused-ring (bicyclic) bond motifs is 1. The highest BCUT2D eigenvalue weighted by Crippen LogP contribution is 2.39. The molecule has 116 valence electrons. The zero-order valence-corrected chi connectivity index (χ0v) is 14.2. The normalized spacial score (nSPS) is 25.2. The van der Waals surface area contributed by atoms with Gasteiger partial charge in [-0.3, -0.25) is 4.79 Å². The van der Waals surface area contributed by atoms with Crippen LogP contribution < -0.4 is 4.90 Å². The van der Waals surface area contributed by atoms with Gasteiger partial charge in [0, 0.05) is 28.5 Å². The fraction of sp³-hybridized carbons (Fsp3) is 0.733. The Balaban J connectivity index is 1.82. The van der Waals surface area contributed by atoms with Gasteiger partial charge in [0.25, 0.3) is 0 Å². The zero-order valence-electron chi connectivity index (χ0n) is 12.6. The summed E-state index contributed by atoms with van der Waals surface area (Å²) in [5.41, 5.74) is 0.838. The third-order valence-electron chi connectivity index (χ3n) is 4.35. The van der Waals surface area contributed by atoms with Gasteiger partial charge in [-0.15, -0.1) is 11.3 Å². The van der Waals surface area contributed by atoms with Crippen LogP contribution in [0, 0.1) is 0 Å². The molecule has 1 N–H and O–H groups in total. The molecule has 0 spiro atoms. The van der Waals surface area contributed by atoms with Gasteiger partial charge in [-0.25, -0.2) is 4.98 Å². The van der Waals surface area contributed by atoms with Crippen molar-refractivity contribution in [2.75, 3.05) is 23.7 Å². The van der Waals surface area contributed by atoms with Gasteiger partial charge in [0.1, 0.15) is 5.92 Å². The van der Waals surface area contributed by atoms with Crippen LogP contribution in [0.25, 0.3) is 0 Å². The quantitative estimate of drug-likeness (QED) is 0.903. The Labute approximate surface area is 133 Å². The van der Waals surface area contributed by atoms with E-state index in [4.69, 9.17) is 4.98 Å². The number of nitrogens with zero attached hydrogens (tertiary/aromatic N) is 2. The van der Waals surface area contributed by atoms with Crippen molar-refractivity contribution in [3.8, 4) is 0 Å². The predicted molar refractivity (Wildman–Crippen MR) is 88.8 cm³/mol. The van der Waals surface area contributed by atoms with Gasteiger partial charge in [-0.1, -0.05) is 13.8 Å². The van der Waals surface area contributed by atoms with Crippen molar-refractivity contribution in [3.05, 3.63) is 10.6 Å². The van der Waals surface area contributed by atoms with Crippen LogP contribution in [0.3, 0.4) is 0 Å². The minimum absolute atomic E-state index is 0.329. The van der Waals surface area contributed by atoms with Gasteiger partial charge < -0.3 is 10.0 Å². The largest absolute Gasteiger partial charge is 0.481 e. The zero-order chi connectivity index (χ0) is 15.0. The van der Waals surface area contributed by atoms with E-state index in [0.29, 0.717) is 4.75 Å². The Morgan fingerprint density at radius 3 is 3.00 bits per heavy atom. The minimum atomic E-state index is -0.722. The number of anilines is 1. The first kappa shape index (κ1) is 15.2. The molecule has 3 rings (SSSR count). The lowest BCUT2D eigenvalue weighted by Crippen LogP contribution is -2.27. The first-order valence-electron chi connectivity index (χ1n) is 7.57. The molecule has 0 aromatic carbocycles. The highest BCUT2D eigenvalue weighted by molar-refractivity contribution is 8.00. The number of hydrogen-bond donors (Lipinski definition) is 1. The second kappa shape index (κ2) is 5.80. The maximum Gasteiger partial charge on any atom is 0.312 e. The van der Waals surface area contributed by atoms with E-state index >= 15 is 0 Å². The van der Waals surface area contributed by atoms with Crippen LogP contribution in [0.4, 0.5) is 5.13 Å². The maximum absolute atomic E-state index is 11.4. The van der Waals surface area contributed by atoms with E-state index in [-0.39, 0.29) is 0 Å². The summed E-state index contributed by atoms with van der Waals surface area (Å²) >= 11 is 3.74. The highest BCUT2D eigenvalue weighted by Gasteiger charge is 2.32. The Morgan fingerprint density at radius 1 is 1.43 bits per heavy atom.